The number of nitrogens with zero attached hydrogens (tertiary/aromatic N) is 2. The lowest BCUT2D eigenvalue weighted by atomic mass is 10.0. The molecule has 0 spiro atoms. The summed E-state index contributed by atoms with van der Waals surface area (Å²) >= 11 is 10.5. The summed E-state index contributed by atoms with van der Waals surface area (Å²) in [7, 11) is 0. The van der Waals surface area contributed by atoms with Crippen LogP contribution in [0, 0.1) is 0 Å². The number of rotatable bonds is 15. The maximum atomic E-state index is 12.0. The van der Waals surface area contributed by atoms with Crippen molar-refractivity contribution < 1.29 is 28.7 Å². The molecule has 0 fully saturated rings. The molecule has 0 aliphatic carbocycles. The minimum atomic E-state index is -0.777. The van der Waals surface area contributed by atoms with E-state index in [0.29, 0.717) is 46.9 Å². The Morgan fingerprint density at radius 3 is 2.56 bits per heavy atom. The van der Waals surface area contributed by atoms with Gasteiger partial charge >= 0.3 is 5.97 Å². The first-order valence-electron chi connectivity index (χ1n) is 14.6. The summed E-state index contributed by atoms with van der Waals surface area (Å²) in [5.74, 6) is 0.632. The number of aliphatic hydroxyl groups is 1. The van der Waals surface area contributed by atoms with E-state index in [1.807, 2.05) is 60.7 Å². The van der Waals surface area contributed by atoms with Crippen molar-refractivity contribution in [3.63, 3.8) is 0 Å². The van der Waals surface area contributed by atoms with Crippen molar-refractivity contribution in [1.82, 2.24) is 15.6 Å². The van der Waals surface area contributed by atoms with Crippen LogP contribution in [0.25, 0.3) is 22.2 Å². The second-order valence-electron chi connectivity index (χ2n) is 10.2. The van der Waals surface area contributed by atoms with Crippen LogP contribution in [0.15, 0.2) is 88.0 Å². The molecule has 1 atom stereocenters. The minimum absolute atomic E-state index is 0.250. The molecule has 0 saturated carbocycles. The van der Waals surface area contributed by atoms with Gasteiger partial charge in [-0.3, -0.25) is 4.79 Å². The monoisotopic (exact) mass is 693 g/mol. The molecule has 0 aliphatic rings. The van der Waals surface area contributed by atoms with Crippen LogP contribution in [0.5, 0.6) is 11.5 Å². The minimum Gasteiger partial charge on any atom is -0.488 e. The van der Waals surface area contributed by atoms with Crippen LogP contribution >= 0.6 is 27.5 Å². The third kappa shape index (κ3) is 8.40. The van der Waals surface area contributed by atoms with E-state index in [0.717, 1.165) is 32.3 Å². The van der Waals surface area contributed by atoms with E-state index >= 15 is 0 Å². The third-order valence-electron chi connectivity index (χ3n) is 7.14. The van der Waals surface area contributed by atoms with Gasteiger partial charge in [-0.1, -0.05) is 66.2 Å². The number of ether oxygens (including phenoxy) is 3. The average molecular weight is 695 g/mol. The van der Waals surface area contributed by atoms with Gasteiger partial charge in [-0.05, 0) is 93.0 Å². The van der Waals surface area contributed by atoms with Gasteiger partial charge in [-0.2, -0.15) is 0 Å². The number of nitrogens with one attached hydrogen (secondary N) is 1. The second kappa shape index (κ2) is 15.9. The molecule has 0 saturated heterocycles. The largest absolute Gasteiger partial charge is 0.488 e. The molecule has 5 rings (SSSR count). The summed E-state index contributed by atoms with van der Waals surface area (Å²) in [5, 5.41) is 20.9. The first-order chi connectivity index (χ1) is 22.0. The average Bonchev–Trinajstić information content (AvgIpc) is 3.53. The Kier molecular flexibility index (Phi) is 11.4. The van der Waals surface area contributed by atoms with Crippen LogP contribution in [0.4, 0.5) is 0 Å². The van der Waals surface area contributed by atoms with Crippen LogP contribution in [0.2, 0.25) is 5.02 Å². The van der Waals surface area contributed by atoms with Gasteiger partial charge in [0.1, 0.15) is 41.8 Å². The van der Waals surface area contributed by atoms with Crippen molar-refractivity contribution in [3.8, 4) is 22.6 Å². The number of benzene rings is 4. The normalized spacial score (nSPS) is 11.8. The molecule has 9 nitrogen and oxygen atoms in total. The Balaban J connectivity index is 1.32. The van der Waals surface area contributed by atoms with Crippen LogP contribution in [-0.2, 0) is 29.2 Å². The van der Waals surface area contributed by atoms with E-state index in [4.69, 9.17) is 30.4 Å². The molecule has 0 amide bonds. The van der Waals surface area contributed by atoms with E-state index in [1.165, 1.54) is 0 Å². The van der Waals surface area contributed by atoms with Gasteiger partial charge in [0.15, 0.2) is 0 Å². The fraction of sp³-hybridized carbons (Fsp3) is 0.265. The molecule has 5 aromatic rings. The van der Waals surface area contributed by atoms with E-state index in [9.17, 15) is 9.90 Å². The van der Waals surface area contributed by atoms with Crippen molar-refractivity contribution >= 4 is 44.5 Å². The summed E-state index contributed by atoms with van der Waals surface area (Å²) in [5.41, 5.74) is 6.23. The van der Waals surface area contributed by atoms with Crippen molar-refractivity contribution in [2.75, 3.05) is 19.8 Å². The summed E-state index contributed by atoms with van der Waals surface area (Å²) in [6, 6.07) is 24.7. The Labute approximate surface area is 274 Å². The number of esters is 1. The molecule has 2 N–H and O–H groups in total. The third-order valence-corrected chi connectivity index (χ3v) is 8.37. The number of halogens is 2. The number of hydrogen-bond donors (Lipinski definition) is 2. The molecule has 45 heavy (non-hydrogen) atoms. The van der Waals surface area contributed by atoms with Crippen LogP contribution < -0.4 is 14.8 Å². The number of hydrogen-bond acceptors (Lipinski definition) is 9. The van der Waals surface area contributed by atoms with Crippen molar-refractivity contribution in [3.05, 3.63) is 105 Å². The summed E-state index contributed by atoms with van der Waals surface area (Å²) in [6.45, 7) is 2.67. The Hall–Kier alpha value is -3.96. The Bertz CT molecular complexity index is 1730. The topological polar surface area (TPSA) is 116 Å². The van der Waals surface area contributed by atoms with Gasteiger partial charge in [0.25, 0.3) is 0 Å². The lowest BCUT2D eigenvalue weighted by molar-refractivity contribution is -0.146. The predicted molar refractivity (Wildman–Crippen MR) is 175 cm³/mol. The van der Waals surface area contributed by atoms with Gasteiger partial charge in [-0.25, -0.2) is 4.63 Å². The van der Waals surface area contributed by atoms with Gasteiger partial charge in [-0.15, -0.1) is 0 Å². The molecule has 0 aliphatic heterocycles. The Morgan fingerprint density at radius 1 is 0.956 bits per heavy atom. The number of carbonyl (C=O) groups excluding carboxylic acids is 1. The van der Waals surface area contributed by atoms with E-state index < -0.39 is 12.0 Å². The maximum absolute atomic E-state index is 12.0. The summed E-state index contributed by atoms with van der Waals surface area (Å²) in [4.78, 5) is 12.0. The lowest BCUT2D eigenvalue weighted by Gasteiger charge is -2.18. The van der Waals surface area contributed by atoms with Crippen molar-refractivity contribution in [2.45, 2.75) is 39.0 Å². The Morgan fingerprint density at radius 2 is 1.76 bits per heavy atom. The second-order valence-corrected chi connectivity index (χ2v) is 11.4. The highest BCUT2D eigenvalue weighted by Crippen LogP contribution is 2.36. The summed E-state index contributed by atoms with van der Waals surface area (Å²) in [6.07, 6.45) is 1.25. The van der Waals surface area contributed by atoms with Crippen molar-refractivity contribution in [1.29, 1.82) is 0 Å². The quantitative estimate of drug-likeness (QED) is 0.0891. The van der Waals surface area contributed by atoms with Crippen LogP contribution in [0.1, 0.15) is 30.0 Å². The van der Waals surface area contributed by atoms with E-state index in [1.54, 1.807) is 6.92 Å². The smallest absolute Gasteiger partial charge is 0.325 e. The van der Waals surface area contributed by atoms with Gasteiger partial charge in [0, 0.05) is 16.1 Å². The first kappa shape index (κ1) is 32.4. The van der Waals surface area contributed by atoms with Gasteiger partial charge in [0.05, 0.1) is 18.2 Å². The van der Waals surface area contributed by atoms with Gasteiger partial charge in [0.2, 0.25) is 0 Å². The summed E-state index contributed by atoms with van der Waals surface area (Å²) < 4.78 is 23.3. The molecule has 4 aromatic carbocycles. The van der Waals surface area contributed by atoms with Crippen molar-refractivity contribution in [2.24, 2.45) is 0 Å². The SMILES string of the molecule is CCOC(=O)C(CO)NCCCc1cc(Cl)c(OCc2cccc(-c3ccccc3)c2Br)cc1OCc1ccc2nonc2c1. The highest BCUT2D eigenvalue weighted by atomic mass is 79.9. The molecule has 1 unspecified atom stereocenters. The number of aryl methyl sites for hydroxylation is 1. The number of carbonyl (C=O) groups is 1. The fourth-order valence-electron chi connectivity index (χ4n) is 4.80. The van der Waals surface area contributed by atoms with E-state index in [-0.39, 0.29) is 26.4 Å². The van der Waals surface area contributed by atoms with Crippen LogP contribution in [0.3, 0.4) is 0 Å². The molecule has 1 heterocycles. The molecule has 1 aromatic heterocycles. The predicted octanol–water partition coefficient (Wildman–Crippen LogP) is 6.91. The molecule has 0 radical (unpaired) electrons. The molecular formula is C34H33BrClN3O6. The standard InChI is InChI=1S/C34H33BrClN3O6/c1-2-42-34(41)30(19-40)37-15-7-11-24-17-27(36)32(18-31(24)43-20-22-13-14-28-29(16-22)39-45-38-28)44-21-25-10-6-12-26(33(25)35)23-8-4-3-5-9-23/h3-6,8-10,12-14,16-18,30,37,40H,2,7,11,15,19-21H2,1H3. The maximum Gasteiger partial charge on any atom is 0.325 e. The number of fused-ring (bicyclic) bond motifs is 1. The zero-order valence-corrected chi connectivity index (χ0v) is 27.0. The first-order valence-corrected chi connectivity index (χ1v) is 15.8. The number of aliphatic hydroxyl groups excluding tert-OH is 1. The zero-order chi connectivity index (χ0) is 31.6. The number of aromatic nitrogens is 2. The highest BCUT2D eigenvalue weighted by molar-refractivity contribution is 9.10. The highest BCUT2D eigenvalue weighted by Gasteiger charge is 2.18. The molecule has 0 bridgehead atoms. The molecular weight excluding hydrogens is 662 g/mol. The van der Waals surface area contributed by atoms with Gasteiger partial charge < -0.3 is 24.6 Å². The van der Waals surface area contributed by atoms with Crippen LogP contribution in [-0.4, -0.2) is 47.2 Å². The zero-order valence-electron chi connectivity index (χ0n) is 24.7. The molecule has 234 valence electrons. The molecule has 11 heteroatoms. The lowest BCUT2D eigenvalue weighted by Crippen LogP contribution is -2.41. The fourth-order valence-corrected chi connectivity index (χ4v) is 5.65. The van der Waals surface area contributed by atoms with E-state index in [2.05, 4.69) is 49.8 Å².